The molecule has 1 rings (SSSR count). The fraction of sp³-hybridized carbons (Fsp3) is 0.100. The second-order valence-corrected chi connectivity index (χ2v) is 2.72. The highest BCUT2D eigenvalue weighted by atomic mass is 16.3. The lowest BCUT2D eigenvalue weighted by molar-refractivity contribution is -0.120. The molecular formula is C10H9N3O2. The standard InChI is InChI=1S/C10H9N3O2/c11-5-4-10(15)13-12-7-8-2-1-3-9(14)6-8/h1-3,6-7,14H,4H2,(H,13,15)/b12-7+. The van der Waals surface area contributed by atoms with Crippen LogP contribution in [0.15, 0.2) is 29.4 Å². The van der Waals surface area contributed by atoms with Crippen molar-refractivity contribution in [2.45, 2.75) is 6.42 Å². The Morgan fingerprint density at radius 2 is 2.47 bits per heavy atom. The van der Waals surface area contributed by atoms with Crippen LogP contribution >= 0.6 is 0 Å². The van der Waals surface area contributed by atoms with Gasteiger partial charge in [-0.05, 0) is 17.7 Å². The summed E-state index contributed by atoms with van der Waals surface area (Å²) in [5.41, 5.74) is 2.84. The van der Waals surface area contributed by atoms with Gasteiger partial charge in [0.2, 0.25) is 0 Å². The molecule has 0 saturated heterocycles. The van der Waals surface area contributed by atoms with Gasteiger partial charge < -0.3 is 5.11 Å². The summed E-state index contributed by atoms with van der Waals surface area (Å²) in [6, 6.07) is 8.12. The van der Waals surface area contributed by atoms with Crippen molar-refractivity contribution in [1.29, 1.82) is 5.26 Å². The van der Waals surface area contributed by atoms with Gasteiger partial charge in [-0.2, -0.15) is 10.4 Å². The monoisotopic (exact) mass is 203 g/mol. The Morgan fingerprint density at radius 3 is 3.13 bits per heavy atom. The van der Waals surface area contributed by atoms with Gasteiger partial charge in [0.05, 0.1) is 12.3 Å². The van der Waals surface area contributed by atoms with Crippen molar-refractivity contribution in [3.05, 3.63) is 29.8 Å². The summed E-state index contributed by atoms with van der Waals surface area (Å²) < 4.78 is 0. The third-order valence-corrected chi connectivity index (χ3v) is 1.51. The smallest absolute Gasteiger partial charge is 0.254 e. The largest absolute Gasteiger partial charge is 0.508 e. The van der Waals surface area contributed by atoms with Crippen LogP contribution in [0.3, 0.4) is 0 Å². The minimum absolute atomic E-state index is 0.127. The number of hydrazone groups is 1. The van der Waals surface area contributed by atoms with Crippen LogP contribution in [0.1, 0.15) is 12.0 Å². The predicted molar refractivity (Wildman–Crippen MR) is 54.1 cm³/mol. The van der Waals surface area contributed by atoms with Crippen molar-refractivity contribution in [2.24, 2.45) is 5.10 Å². The van der Waals surface area contributed by atoms with Crippen LogP contribution < -0.4 is 5.43 Å². The third kappa shape index (κ3) is 3.91. The van der Waals surface area contributed by atoms with Crippen molar-refractivity contribution in [3.8, 4) is 11.8 Å². The molecule has 0 aromatic heterocycles. The van der Waals surface area contributed by atoms with Crippen molar-refractivity contribution in [2.75, 3.05) is 0 Å². The number of rotatable bonds is 3. The number of nitriles is 1. The second kappa shape index (κ2) is 5.40. The Labute approximate surface area is 86.7 Å². The Morgan fingerprint density at radius 1 is 1.67 bits per heavy atom. The van der Waals surface area contributed by atoms with E-state index in [1.807, 2.05) is 0 Å². The first-order valence-electron chi connectivity index (χ1n) is 4.20. The van der Waals surface area contributed by atoms with E-state index in [2.05, 4.69) is 10.5 Å². The maximum absolute atomic E-state index is 10.8. The molecule has 0 spiro atoms. The average molecular weight is 203 g/mol. The van der Waals surface area contributed by atoms with Crippen LogP contribution in [0.2, 0.25) is 0 Å². The van der Waals surface area contributed by atoms with Gasteiger partial charge in [-0.3, -0.25) is 4.79 Å². The van der Waals surface area contributed by atoms with E-state index in [1.165, 1.54) is 18.3 Å². The summed E-state index contributed by atoms with van der Waals surface area (Å²) in [5.74, 6) is -0.337. The highest BCUT2D eigenvalue weighted by molar-refractivity contribution is 5.83. The summed E-state index contributed by atoms with van der Waals surface area (Å²) >= 11 is 0. The summed E-state index contributed by atoms with van der Waals surface area (Å²) in [7, 11) is 0. The van der Waals surface area contributed by atoms with Gasteiger partial charge in [0.15, 0.2) is 0 Å². The van der Waals surface area contributed by atoms with Crippen LogP contribution in [0.4, 0.5) is 0 Å². The number of amides is 1. The highest BCUT2D eigenvalue weighted by Crippen LogP contribution is 2.08. The average Bonchev–Trinajstić information content (AvgIpc) is 2.18. The van der Waals surface area contributed by atoms with Crippen LogP contribution in [-0.2, 0) is 4.79 Å². The molecular weight excluding hydrogens is 194 g/mol. The molecule has 0 fully saturated rings. The van der Waals surface area contributed by atoms with Gasteiger partial charge >= 0.3 is 0 Å². The number of hydrogen-bond acceptors (Lipinski definition) is 4. The Balaban J connectivity index is 2.52. The van der Waals surface area contributed by atoms with Crippen molar-refractivity contribution in [1.82, 2.24) is 5.43 Å². The summed E-state index contributed by atoms with van der Waals surface area (Å²) in [6.07, 6.45) is 1.16. The molecule has 5 nitrogen and oxygen atoms in total. The van der Waals surface area contributed by atoms with Gasteiger partial charge in [0.1, 0.15) is 12.2 Å². The lowest BCUT2D eigenvalue weighted by atomic mass is 10.2. The predicted octanol–water partition coefficient (Wildman–Crippen LogP) is 0.756. The number of phenols is 1. The lowest BCUT2D eigenvalue weighted by Gasteiger charge is -1.95. The van der Waals surface area contributed by atoms with Crippen molar-refractivity contribution in [3.63, 3.8) is 0 Å². The Kier molecular flexibility index (Phi) is 3.86. The Hall–Kier alpha value is -2.35. The molecule has 1 aromatic carbocycles. The van der Waals surface area contributed by atoms with E-state index in [0.717, 1.165) is 0 Å². The van der Waals surface area contributed by atoms with Gasteiger partial charge in [0, 0.05) is 0 Å². The lowest BCUT2D eigenvalue weighted by Crippen LogP contribution is -2.16. The van der Waals surface area contributed by atoms with Gasteiger partial charge in [-0.25, -0.2) is 5.43 Å². The minimum atomic E-state index is -0.464. The van der Waals surface area contributed by atoms with Gasteiger partial charge in [0.25, 0.3) is 5.91 Å². The molecule has 0 saturated carbocycles. The van der Waals surface area contributed by atoms with Crippen LogP contribution in [-0.4, -0.2) is 17.2 Å². The minimum Gasteiger partial charge on any atom is -0.508 e. The molecule has 15 heavy (non-hydrogen) atoms. The molecule has 0 heterocycles. The fourth-order valence-electron chi connectivity index (χ4n) is 0.895. The molecule has 0 atom stereocenters. The topological polar surface area (TPSA) is 85.5 Å². The van der Waals surface area contributed by atoms with E-state index < -0.39 is 5.91 Å². The van der Waals surface area contributed by atoms with Crippen LogP contribution in [0, 0.1) is 11.3 Å². The molecule has 0 aliphatic carbocycles. The molecule has 5 heteroatoms. The molecule has 0 aliphatic heterocycles. The van der Waals surface area contributed by atoms with E-state index in [0.29, 0.717) is 5.56 Å². The normalized spacial score (nSPS) is 9.80. The maximum atomic E-state index is 10.8. The second-order valence-electron chi connectivity index (χ2n) is 2.72. The molecule has 0 bridgehead atoms. The zero-order valence-corrected chi connectivity index (χ0v) is 7.84. The number of nitrogens with zero attached hydrogens (tertiary/aromatic N) is 2. The van der Waals surface area contributed by atoms with E-state index in [9.17, 15) is 4.79 Å². The van der Waals surface area contributed by atoms with Gasteiger partial charge in [-0.15, -0.1) is 0 Å². The number of carbonyl (C=O) groups excluding carboxylic acids is 1. The van der Waals surface area contributed by atoms with Crippen LogP contribution in [0.25, 0.3) is 0 Å². The van der Waals surface area contributed by atoms with E-state index in [4.69, 9.17) is 10.4 Å². The summed E-state index contributed by atoms with van der Waals surface area (Å²) in [5, 5.41) is 20.9. The molecule has 0 unspecified atom stereocenters. The quantitative estimate of drug-likeness (QED) is 0.561. The number of phenolic OH excluding ortho intramolecular Hbond substituents is 1. The SMILES string of the molecule is N#CCC(=O)N/N=C/c1cccc(O)c1. The molecule has 0 aliphatic rings. The molecule has 0 radical (unpaired) electrons. The van der Waals surface area contributed by atoms with Crippen LogP contribution in [0.5, 0.6) is 5.75 Å². The number of benzene rings is 1. The summed E-state index contributed by atoms with van der Waals surface area (Å²) in [4.78, 5) is 10.8. The molecule has 1 amide bonds. The number of aromatic hydroxyl groups is 1. The maximum Gasteiger partial charge on any atom is 0.254 e. The zero-order valence-electron chi connectivity index (χ0n) is 7.84. The van der Waals surface area contributed by atoms with E-state index in [1.54, 1.807) is 18.2 Å². The van der Waals surface area contributed by atoms with Crippen molar-refractivity contribution >= 4 is 12.1 Å². The molecule has 76 valence electrons. The molecule has 2 N–H and O–H groups in total. The van der Waals surface area contributed by atoms with Gasteiger partial charge in [-0.1, -0.05) is 12.1 Å². The van der Waals surface area contributed by atoms with Crippen molar-refractivity contribution < 1.29 is 9.90 Å². The number of hydrogen-bond donors (Lipinski definition) is 2. The first kappa shape index (κ1) is 10.7. The zero-order chi connectivity index (χ0) is 11.1. The Bertz CT molecular complexity index is 421. The summed E-state index contributed by atoms with van der Waals surface area (Å²) in [6.45, 7) is 0. The highest BCUT2D eigenvalue weighted by Gasteiger charge is 1.95. The number of nitrogens with one attached hydrogen (secondary N) is 1. The van der Waals surface area contributed by atoms with E-state index >= 15 is 0 Å². The molecule has 1 aromatic rings. The first-order chi connectivity index (χ1) is 7.22. The van der Waals surface area contributed by atoms with E-state index in [-0.39, 0.29) is 12.2 Å². The third-order valence-electron chi connectivity index (χ3n) is 1.51. The number of carbonyl (C=O) groups is 1. The first-order valence-corrected chi connectivity index (χ1v) is 4.20. The fourth-order valence-corrected chi connectivity index (χ4v) is 0.895.